The maximum atomic E-state index is 13.0. The van der Waals surface area contributed by atoms with E-state index in [2.05, 4.69) is 20.5 Å². The largest absolute Gasteiger partial charge is 0.406 e. The zero-order valence-electron chi connectivity index (χ0n) is 16.9. The lowest BCUT2D eigenvalue weighted by atomic mass is 10.1. The van der Waals surface area contributed by atoms with Gasteiger partial charge in [0.25, 0.3) is 0 Å². The number of anilines is 2. The van der Waals surface area contributed by atoms with Crippen LogP contribution in [0.1, 0.15) is 11.1 Å². The summed E-state index contributed by atoms with van der Waals surface area (Å²) in [6, 6.07) is 9.22. The number of fused-ring (bicyclic) bond motifs is 1. The topological polar surface area (TPSA) is 93.6 Å². The fraction of sp³-hybridized carbons (Fsp3) is 0.350. The summed E-state index contributed by atoms with van der Waals surface area (Å²) >= 11 is 0. The van der Waals surface area contributed by atoms with Crippen molar-refractivity contribution < 1.29 is 17.9 Å². The summed E-state index contributed by atoms with van der Waals surface area (Å²) in [7, 11) is 0. The summed E-state index contributed by atoms with van der Waals surface area (Å²) in [5, 5.41) is 4.17. The van der Waals surface area contributed by atoms with Crippen molar-refractivity contribution in [3.63, 3.8) is 0 Å². The Morgan fingerprint density at radius 1 is 1.26 bits per heavy atom. The third kappa shape index (κ3) is 4.88. The number of hydrogen-bond acceptors (Lipinski definition) is 6. The number of morpholine rings is 1. The van der Waals surface area contributed by atoms with E-state index in [-0.39, 0.29) is 17.3 Å². The molecule has 0 amide bonds. The smallest absolute Gasteiger partial charge is 0.382 e. The van der Waals surface area contributed by atoms with Crippen molar-refractivity contribution in [2.75, 3.05) is 36.6 Å². The van der Waals surface area contributed by atoms with Crippen LogP contribution in [0.25, 0.3) is 11.2 Å². The Morgan fingerprint density at radius 3 is 2.74 bits per heavy atom. The number of hydrazone groups is 1. The number of benzene rings is 1. The van der Waals surface area contributed by atoms with Gasteiger partial charge in [-0.1, -0.05) is 23.8 Å². The zero-order valence-corrected chi connectivity index (χ0v) is 16.9. The van der Waals surface area contributed by atoms with Gasteiger partial charge in [0.15, 0.2) is 17.3 Å². The highest BCUT2D eigenvalue weighted by atomic mass is 19.4. The molecule has 11 heteroatoms. The van der Waals surface area contributed by atoms with E-state index >= 15 is 0 Å². The first kappa shape index (κ1) is 20.9. The van der Waals surface area contributed by atoms with Gasteiger partial charge in [-0.3, -0.25) is 5.43 Å². The van der Waals surface area contributed by atoms with Crippen molar-refractivity contribution >= 4 is 28.5 Å². The number of aromatic nitrogens is 3. The molecular weight excluding hydrogens is 411 g/mol. The summed E-state index contributed by atoms with van der Waals surface area (Å²) < 4.78 is 45.4. The van der Waals surface area contributed by atoms with Crippen LogP contribution in [0.2, 0.25) is 0 Å². The second-order valence-electron chi connectivity index (χ2n) is 7.26. The molecule has 3 N–H and O–H groups in total. The van der Waals surface area contributed by atoms with Crippen molar-refractivity contribution in [2.45, 2.75) is 19.6 Å². The van der Waals surface area contributed by atoms with Crippen LogP contribution in [0.3, 0.4) is 0 Å². The quantitative estimate of drug-likeness (QED) is 0.365. The molecule has 3 heterocycles. The highest BCUT2D eigenvalue weighted by Crippen LogP contribution is 2.30. The van der Waals surface area contributed by atoms with Gasteiger partial charge in [0.1, 0.15) is 12.1 Å². The van der Waals surface area contributed by atoms with Crippen molar-refractivity contribution in [1.82, 2.24) is 14.5 Å². The third-order valence-corrected chi connectivity index (χ3v) is 4.86. The number of aryl methyl sites for hydroxylation is 1. The SMILES string of the molecule is Cc1cccc(/C(N)=N/Nc2cc(N3CCOCC3)c3ncn(CC(F)(F)F)c3n2)c1. The van der Waals surface area contributed by atoms with Gasteiger partial charge in [0.05, 0.1) is 25.2 Å². The molecular formula is C20H22F3N7O. The second-order valence-corrected chi connectivity index (χ2v) is 7.26. The normalized spacial score (nSPS) is 15.5. The van der Waals surface area contributed by atoms with Crippen LogP contribution in [0.15, 0.2) is 41.8 Å². The number of nitrogens with zero attached hydrogens (tertiary/aromatic N) is 5. The van der Waals surface area contributed by atoms with Crippen LogP contribution in [-0.2, 0) is 11.3 Å². The molecule has 0 radical (unpaired) electrons. The molecule has 1 fully saturated rings. The number of imidazole rings is 1. The number of ether oxygens (including phenoxy) is 1. The molecule has 0 bridgehead atoms. The minimum atomic E-state index is -4.40. The minimum Gasteiger partial charge on any atom is -0.382 e. The molecule has 0 saturated carbocycles. The second kappa shape index (κ2) is 8.42. The van der Waals surface area contributed by atoms with E-state index in [1.807, 2.05) is 36.1 Å². The summed E-state index contributed by atoms with van der Waals surface area (Å²) in [5.41, 5.74) is 11.8. The fourth-order valence-electron chi connectivity index (χ4n) is 3.42. The maximum Gasteiger partial charge on any atom is 0.406 e. The number of hydrogen-bond donors (Lipinski definition) is 2. The van der Waals surface area contributed by atoms with Crippen molar-refractivity contribution in [1.29, 1.82) is 0 Å². The van der Waals surface area contributed by atoms with E-state index in [1.54, 1.807) is 6.07 Å². The molecule has 0 atom stereocenters. The lowest BCUT2D eigenvalue weighted by Crippen LogP contribution is -2.36. The molecule has 1 aliphatic rings. The number of nitrogens with one attached hydrogen (secondary N) is 1. The Kier molecular flexibility index (Phi) is 5.68. The van der Waals surface area contributed by atoms with Crippen LogP contribution in [0.5, 0.6) is 0 Å². The van der Waals surface area contributed by atoms with Crippen molar-refractivity contribution in [3.05, 3.63) is 47.8 Å². The summed E-state index contributed by atoms with van der Waals surface area (Å²) in [6.07, 6.45) is -3.24. The van der Waals surface area contributed by atoms with Crippen LogP contribution in [-0.4, -0.2) is 52.9 Å². The molecule has 0 unspecified atom stereocenters. The Morgan fingerprint density at radius 2 is 2.03 bits per heavy atom. The Balaban J connectivity index is 1.71. The lowest BCUT2D eigenvalue weighted by molar-refractivity contribution is -0.140. The van der Waals surface area contributed by atoms with Crippen LogP contribution in [0, 0.1) is 6.92 Å². The van der Waals surface area contributed by atoms with Crippen LogP contribution < -0.4 is 16.1 Å². The molecule has 0 spiro atoms. The third-order valence-electron chi connectivity index (χ3n) is 4.86. The molecule has 8 nitrogen and oxygen atoms in total. The average Bonchev–Trinajstić information content (AvgIpc) is 3.13. The number of rotatable bonds is 5. The average molecular weight is 433 g/mol. The molecule has 4 rings (SSSR count). The number of halogens is 3. The number of alkyl halides is 3. The van der Waals surface area contributed by atoms with E-state index in [0.717, 1.165) is 22.0 Å². The first-order valence-electron chi connectivity index (χ1n) is 9.72. The van der Waals surface area contributed by atoms with Gasteiger partial charge in [-0.2, -0.15) is 18.3 Å². The predicted octanol–water partition coefficient (Wildman–Crippen LogP) is 2.87. The highest BCUT2D eigenvalue weighted by Gasteiger charge is 2.30. The molecule has 2 aromatic heterocycles. The number of pyridine rings is 1. The first-order chi connectivity index (χ1) is 14.8. The lowest BCUT2D eigenvalue weighted by Gasteiger charge is -2.29. The van der Waals surface area contributed by atoms with Gasteiger partial charge in [-0.25, -0.2) is 9.97 Å². The van der Waals surface area contributed by atoms with Gasteiger partial charge in [0, 0.05) is 24.7 Å². The van der Waals surface area contributed by atoms with E-state index in [9.17, 15) is 13.2 Å². The fourth-order valence-corrected chi connectivity index (χ4v) is 3.42. The van der Waals surface area contributed by atoms with Gasteiger partial charge in [-0.05, 0) is 13.0 Å². The molecule has 3 aromatic rings. The molecule has 164 valence electrons. The Hall–Kier alpha value is -3.34. The molecule has 0 aliphatic carbocycles. The van der Waals surface area contributed by atoms with Crippen LogP contribution in [0.4, 0.5) is 24.7 Å². The van der Waals surface area contributed by atoms with Gasteiger partial charge < -0.3 is 19.9 Å². The van der Waals surface area contributed by atoms with E-state index in [1.165, 1.54) is 0 Å². The number of nitrogens with two attached hydrogens (primary N) is 1. The maximum absolute atomic E-state index is 13.0. The highest BCUT2D eigenvalue weighted by molar-refractivity contribution is 5.98. The Bertz CT molecular complexity index is 1100. The number of amidine groups is 1. The van der Waals surface area contributed by atoms with E-state index in [4.69, 9.17) is 10.5 Å². The summed E-state index contributed by atoms with van der Waals surface area (Å²) in [4.78, 5) is 10.5. The minimum absolute atomic E-state index is 0.119. The van der Waals surface area contributed by atoms with Gasteiger partial charge in [0.2, 0.25) is 0 Å². The summed E-state index contributed by atoms with van der Waals surface area (Å²) in [5.74, 6) is 0.510. The summed E-state index contributed by atoms with van der Waals surface area (Å²) in [6.45, 7) is 2.99. The predicted molar refractivity (Wildman–Crippen MR) is 112 cm³/mol. The standard InChI is InChI=1S/C20H22F3N7O/c1-13-3-2-4-14(9-13)18(24)28-27-16-10-15(29-5-7-31-8-6-29)17-19(26-16)30(12-25-17)11-20(21,22)23/h2-4,9-10,12H,5-8,11H2,1H3,(H2,24,28)(H,26,27). The van der Waals surface area contributed by atoms with E-state index < -0.39 is 12.7 Å². The molecule has 1 saturated heterocycles. The van der Waals surface area contributed by atoms with Gasteiger partial charge in [-0.15, -0.1) is 0 Å². The first-order valence-corrected chi connectivity index (χ1v) is 9.72. The molecule has 31 heavy (non-hydrogen) atoms. The molecule has 1 aliphatic heterocycles. The van der Waals surface area contributed by atoms with E-state index in [0.29, 0.717) is 37.5 Å². The van der Waals surface area contributed by atoms with Crippen LogP contribution >= 0.6 is 0 Å². The molecule has 1 aromatic carbocycles. The van der Waals surface area contributed by atoms with Gasteiger partial charge >= 0.3 is 6.18 Å². The zero-order chi connectivity index (χ0) is 22.0. The monoisotopic (exact) mass is 433 g/mol. The van der Waals surface area contributed by atoms with Crippen molar-refractivity contribution in [3.8, 4) is 0 Å². The Labute approximate surface area is 176 Å². The van der Waals surface area contributed by atoms with Crippen molar-refractivity contribution in [2.24, 2.45) is 10.8 Å².